The van der Waals surface area contributed by atoms with Crippen LogP contribution >= 0.6 is 0 Å². The van der Waals surface area contributed by atoms with Gasteiger partial charge in [0.1, 0.15) is 0 Å². The molecule has 2 N–H and O–H groups in total. The van der Waals surface area contributed by atoms with Crippen molar-refractivity contribution in [3.63, 3.8) is 0 Å². The largest absolute Gasteiger partial charge is 0.502 e. The van der Waals surface area contributed by atoms with Gasteiger partial charge < -0.3 is 27.6 Å². The van der Waals surface area contributed by atoms with Crippen molar-refractivity contribution < 1.29 is 21.8 Å². The molecule has 0 saturated carbocycles. The third-order valence-electron chi connectivity index (χ3n) is 3.83. The van der Waals surface area contributed by atoms with Crippen LogP contribution in [0.4, 0.5) is 0 Å². The predicted molar refractivity (Wildman–Crippen MR) is 79.2 cm³/mol. The Morgan fingerprint density at radius 3 is 2.05 bits per heavy atom. The van der Waals surface area contributed by atoms with Crippen molar-refractivity contribution in [3.8, 4) is 0 Å². The monoisotopic (exact) mass is 321 g/mol. The molecule has 0 aromatic heterocycles. The SMILES string of the molecule is CCO[Si](CCCN)(OCC)O[Si]12O[C@@H](C)[C@H]1[C@@H](C)O2. The van der Waals surface area contributed by atoms with E-state index in [1.165, 1.54) is 0 Å². The van der Waals surface area contributed by atoms with Gasteiger partial charge in [-0.2, -0.15) is 0 Å². The topological polar surface area (TPSA) is 72.2 Å². The number of nitrogens with two attached hydrogens (primary N) is 1. The maximum absolute atomic E-state index is 6.32. The molecule has 2 heterocycles. The molecule has 0 spiro atoms. The lowest BCUT2D eigenvalue weighted by atomic mass is 10.2. The van der Waals surface area contributed by atoms with E-state index < -0.39 is 17.6 Å². The lowest BCUT2D eigenvalue weighted by Gasteiger charge is -2.61. The Morgan fingerprint density at radius 2 is 1.65 bits per heavy atom. The molecule has 0 amide bonds. The molecule has 6 nitrogen and oxygen atoms in total. The van der Waals surface area contributed by atoms with Gasteiger partial charge in [0.25, 0.3) is 0 Å². The molecule has 0 aromatic carbocycles. The first-order chi connectivity index (χ1) is 9.52. The predicted octanol–water partition coefficient (Wildman–Crippen LogP) is 1.51. The molecule has 0 aliphatic carbocycles. The van der Waals surface area contributed by atoms with E-state index in [0.29, 0.717) is 25.3 Å². The van der Waals surface area contributed by atoms with Crippen LogP contribution in [0.5, 0.6) is 0 Å². The number of fused-ring (bicyclic) bond motifs is 1. The average molecular weight is 322 g/mol. The second-order valence-corrected chi connectivity index (χ2v) is 10.9. The van der Waals surface area contributed by atoms with E-state index in [1.54, 1.807) is 0 Å². The van der Waals surface area contributed by atoms with Crippen molar-refractivity contribution in [1.29, 1.82) is 0 Å². The summed E-state index contributed by atoms with van der Waals surface area (Å²) < 4.78 is 29.9. The van der Waals surface area contributed by atoms with Gasteiger partial charge in [0, 0.05) is 19.3 Å². The Hall–Kier alpha value is 0.194. The molecule has 0 aromatic rings. The molecule has 4 atom stereocenters. The van der Waals surface area contributed by atoms with Crippen molar-refractivity contribution in [1.82, 2.24) is 0 Å². The van der Waals surface area contributed by atoms with Crippen LogP contribution in [-0.4, -0.2) is 49.6 Å². The van der Waals surface area contributed by atoms with Crippen molar-refractivity contribution in [2.24, 2.45) is 5.73 Å². The fraction of sp³-hybridized carbons (Fsp3) is 1.00. The molecular formula is C12H27NO5Si2. The molecule has 118 valence electrons. The van der Waals surface area contributed by atoms with E-state index in [1.807, 2.05) is 13.8 Å². The molecule has 2 fully saturated rings. The van der Waals surface area contributed by atoms with Gasteiger partial charge in [-0.1, -0.05) is 0 Å². The van der Waals surface area contributed by atoms with Crippen molar-refractivity contribution in [2.75, 3.05) is 19.8 Å². The first-order valence-corrected chi connectivity index (χ1v) is 11.3. The van der Waals surface area contributed by atoms with Crippen LogP contribution in [0, 0.1) is 0 Å². The summed E-state index contributed by atoms with van der Waals surface area (Å²) in [6.07, 6.45) is 1.26. The normalized spacial score (nSPS) is 36.1. The Labute approximate surface area is 123 Å². The van der Waals surface area contributed by atoms with E-state index in [2.05, 4.69) is 13.8 Å². The van der Waals surface area contributed by atoms with Crippen LogP contribution in [0.25, 0.3) is 0 Å². The van der Waals surface area contributed by atoms with Gasteiger partial charge in [-0.15, -0.1) is 0 Å². The molecule has 0 bridgehead atoms. The van der Waals surface area contributed by atoms with Gasteiger partial charge in [-0.3, -0.25) is 0 Å². The average Bonchev–Trinajstić information content (AvgIpc) is 2.35. The van der Waals surface area contributed by atoms with Gasteiger partial charge in [-0.25, -0.2) is 0 Å². The van der Waals surface area contributed by atoms with Crippen LogP contribution in [-0.2, 0) is 21.8 Å². The van der Waals surface area contributed by atoms with E-state index in [-0.39, 0.29) is 12.2 Å². The van der Waals surface area contributed by atoms with Crippen LogP contribution in [0.2, 0.25) is 11.6 Å². The van der Waals surface area contributed by atoms with E-state index in [4.69, 9.17) is 27.6 Å². The minimum atomic E-state index is -2.74. The smallest absolute Gasteiger partial charge is 0.374 e. The fourth-order valence-corrected chi connectivity index (χ4v) is 11.0. The van der Waals surface area contributed by atoms with Gasteiger partial charge in [-0.05, 0) is 40.7 Å². The van der Waals surface area contributed by atoms with Crippen LogP contribution in [0.15, 0.2) is 0 Å². The maximum Gasteiger partial charge on any atom is 0.502 e. The highest BCUT2D eigenvalue weighted by molar-refractivity contribution is 6.78. The molecule has 0 radical (unpaired) electrons. The maximum atomic E-state index is 6.32. The highest BCUT2D eigenvalue weighted by Gasteiger charge is 2.75. The summed E-state index contributed by atoms with van der Waals surface area (Å²) in [5, 5.41) is 0. The van der Waals surface area contributed by atoms with Crippen LogP contribution in [0.3, 0.4) is 0 Å². The van der Waals surface area contributed by atoms with Gasteiger partial charge in [0.2, 0.25) is 0 Å². The minimum Gasteiger partial charge on any atom is -0.374 e. The molecule has 8 heteroatoms. The zero-order valence-electron chi connectivity index (χ0n) is 12.9. The summed E-state index contributed by atoms with van der Waals surface area (Å²) in [5.74, 6) is 0. The first-order valence-electron chi connectivity index (χ1n) is 7.56. The van der Waals surface area contributed by atoms with Gasteiger partial charge in [0.05, 0.1) is 17.7 Å². The molecule has 2 aliphatic heterocycles. The van der Waals surface area contributed by atoms with E-state index >= 15 is 0 Å². The van der Waals surface area contributed by atoms with Crippen molar-refractivity contribution in [2.45, 2.75) is 57.9 Å². The lowest BCUT2D eigenvalue weighted by molar-refractivity contribution is -0.139. The van der Waals surface area contributed by atoms with E-state index in [0.717, 1.165) is 12.5 Å². The molecule has 20 heavy (non-hydrogen) atoms. The van der Waals surface area contributed by atoms with Crippen molar-refractivity contribution >= 4 is 17.6 Å². The summed E-state index contributed by atoms with van der Waals surface area (Å²) in [6.45, 7) is 9.79. The third kappa shape index (κ3) is 2.88. The Morgan fingerprint density at radius 1 is 1.10 bits per heavy atom. The highest BCUT2D eigenvalue weighted by atomic mass is 28.5. The number of hydrogen-bond acceptors (Lipinski definition) is 6. The third-order valence-corrected chi connectivity index (χ3v) is 11.8. The summed E-state index contributed by atoms with van der Waals surface area (Å²) in [4.78, 5) is 0. The standard InChI is InChI=1S/C12H27NO5Si2/c1-5-14-19(15-6-2,9-7-8-13)18-20-12(10(3)16-20)11(4)17-20/h10-12H,5-9,13H2,1-4H3/t10-,11+,12-,20?. The second-order valence-electron chi connectivity index (χ2n) is 5.32. The molecule has 1 unspecified atom stereocenters. The number of rotatable bonds is 9. The Bertz CT molecular complexity index is 315. The first kappa shape index (κ1) is 16.6. The summed E-state index contributed by atoms with van der Waals surface area (Å²) in [5.41, 5.74) is 6.02. The van der Waals surface area contributed by atoms with Crippen molar-refractivity contribution in [3.05, 3.63) is 0 Å². The molecule has 2 saturated heterocycles. The highest BCUT2D eigenvalue weighted by Crippen LogP contribution is 2.55. The van der Waals surface area contributed by atoms with Gasteiger partial charge >= 0.3 is 17.6 Å². The van der Waals surface area contributed by atoms with Gasteiger partial charge in [0.15, 0.2) is 0 Å². The lowest BCUT2D eigenvalue weighted by Crippen LogP contribution is -2.79. The quantitative estimate of drug-likeness (QED) is 0.649. The molecular weight excluding hydrogens is 294 g/mol. The molecule has 2 rings (SSSR count). The fourth-order valence-electron chi connectivity index (χ4n) is 3.05. The molecule has 2 aliphatic rings. The summed E-state index contributed by atoms with van der Waals surface area (Å²) >= 11 is 0. The number of hydrogen-bond donors (Lipinski definition) is 1. The zero-order valence-corrected chi connectivity index (χ0v) is 14.9. The van der Waals surface area contributed by atoms with E-state index in [9.17, 15) is 0 Å². The summed E-state index contributed by atoms with van der Waals surface area (Å²) in [7, 11) is -5.27. The second kappa shape index (κ2) is 6.53. The Kier molecular flexibility index (Phi) is 5.41. The van der Waals surface area contributed by atoms with Crippen LogP contribution < -0.4 is 5.73 Å². The minimum absolute atomic E-state index is 0.217. The Balaban J connectivity index is 2.06. The zero-order chi connectivity index (χ0) is 14.8. The van der Waals surface area contributed by atoms with Crippen LogP contribution in [0.1, 0.15) is 34.1 Å². The summed E-state index contributed by atoms with van der Waals surface area (Å²) in [6, 6.07) is 0.724.